The topological polar surface area (TPSA) is 85.3 Å². The summed E-state index contributed by atoms with van der Waals surface area (Å²) in [5.74, 6) is 0.137. The van der Waals surface area contributed by atoms with Crippen LogP contribution in [0, 0.1) is 6.92 Å². The van der Waals surface area contributed by atoms with Gasteiger partial charge >= 0.3 is 0 Å². The summed E-state index contributed by atoms with van der Waals surface area (Å²) >= 11 is 0. The Balaban J connectivity index is 1.88. The standard InChI is InChI=1S/C32H35NO6/c1-6-16-38-27-15-14-23(17-21(27)5)30(34)28-29(22-10-8-13-26(18-22)39-20(3)4)33(32(36)31(28)35)24-11-9-12-25(19-24)37-7-2/h8-15,17-20,29,34H,6-7,16H2,1-5H3/b30-28+. The highest BCUT2D eigenvalue weighted by atomic mass is 16.5. The van der Waals surface area contributed by atoms with Gasteiger partial charge in [-0.2, -0.15) is 0 Å². The molecule has 4 rings (SSSR count). The van der Waals surface area contributed by atoms with Crippen LogP contribution < -0.4 is 19.1 Å². The van der Waals surface area contributed by atoms with Crippen molar-refractivity contribution in [1.29, 1.82) is 0 Å². The largest absolute Gasteiger partial charge is 0.507 e. The normalized spacial score (nSPS) is 16.6. The summed E-state index contributed by atoms with van der Waals surface area (Å²) < 4.78 is 17.3. The summed E-state index contributed by atoms with van der Waals surface area (Å²) in [5, 5.41) is 11.5. The molecule has 3 aromatic carbocycles. The molecule has 1 saturated heterocycles. The number of carbonyl (C=O) groups excluding carboxylic acids is 2. The van der Waals surface area contributed by atoms with Crippen molar-refractivity contribution in [2.24, 2.45) is 0 Å². The number of carbonyl (C=O) groups is 2. The van der Waals surface area contributed by atoms with Crippen molar-refractivity contribution in [3.63, 3.8) is 0 Å². The number of aliphatic hydroxyl groups excluding tert-OH is 1. The molecule has 1 fully saturated rings. The summed E-state index contributed by atoms with van der Waals surface area (Å²) in [6.07, 6.45) is 0.806. The van der Waals surface area contributed by atoms with E-state index < -0.39 is 17.7 Å². The third-order valence-corrected chi connectivity index (χ3v) is 6.31. The fourth-order valence-corrected chi connectivity index (χ4v) is 4.66. The summed E-state index contributed by atoms with van der Waals surface area (Å²) in [5.41, 5.74) is 2.37. The van der Waals surface area contributed by atoms with Crippen LogP contribution in [-0.4, -0.2) is 36.1 Å². The summed E-state index contributed by atoms with van der Waals surface area (Å²) in [6, 6.07) is 18.6. The first-order chi connectivity index (χ1) is 18.7. The first-order valence-electron chi connectivity index (χ1n) is 13.3. The van der Waals surface area contributed by atoms with Gasteiger partial charge in [-0.25, -0.2) is 0 Å². The third kappa shape index (κ3) is 5.93. The molecular formula is C32H35NO6. The number of ether oxygens (including phenoxy) is 3. The van der Waals surface area contributed by atoms with Gasteiger partial charge in [0.15, 0.2) is 0 Å². The summed E-state index contributed by atoms with van der Waals surface area (Å²) in [7, 11) is 0. The van der Waals surface area contributed by atoms with E-state index in [4.69, 9.17) is 14.2 Å². The monoisotopic (exact) mass is 529 g/mol. The van der Waals surface area contributed by atoms with E-state index in [0.29, 0.717) is 47.3 Å². The van der Waals surface area contributed by atoms with Crippen LogP contribution in [0.4, 0.5) is 5.69 Å². The van der Waals surface area contributed by atoms with Gasteiger partial charge in [-0.3, -0.25) is 14.5 Å². The van der Waals surface area contributed by atoms with Gasteiger partial charge in [0.05, 0.1) is 30.9 Å². The van der Waals surface area contributed by atoms with Gasteiger partial charge in [0.1, 0.15) is 23.0 Å². The van der Waals surface area contributed by atoms with Crippen molar-refractivity contribution >= 4 is 23.1 Å². The molecule has 1 aliphatic heterocycles. The zero-order valence-corrected chi connectivity index (χ0v) is 23.1. The van der Waals surface area contributed by atoms with E-state index in [-0.39, 0.29) is 17.4 Å². The van der Waals surface area contributed by atoms with Crippen molar-refractivity contribution < 1.29 is 28.9 Å². The van der Waals surface area contributed by atoms with Crippen LogP contribution in [0.25, 0.3) is 5.76 Å². The molecule has 1 atom stereocenters. The zero-order chi connectivity index (χ0) is 28.1. The molecule has 1 unspecified atom stereocenters. The molecule has 1 amide bonds. The van der Waals surface area contributed by atoms with Crippen LogP contribution in [0.5, 0.6) is 17.2 Å². The molecule has 0 aliphatic carbocycles. The quantitative estimate of drug-likeness (QED) is 0.181. The second-order valence-electron chi connectivity index (χ2n) is 9.67. The molecule has 7 heteroatoms. The number of ketones is 1. The van der Waals surface area contributed by atoms with Gasteiger partial charge in [0.25, 0.3) is 11.7 Å². The smallest absolute Gasteiger partial charge is 0.300 e. The molecule has 0 aromatic heterocycles. The average Bonchev–Trinajstić information content (AvgIpc) is 3.18. The van der Waals surface area contributed by atoms with Crippen LogP contribution in [0.15, 0.2) is 72.3 Å². The Bertz CT molecular complexity index is 1390. The number of nitrogens with zero attached hydrogens (tertiary/aromatic N) is 1. The third-order valence-electron chi connectivity index (χ3n) is 6.31. The maximum Gasteiger partial charge on any atom is 0.300 e. The maximum absolute atomic E-state index is 13.6. The van der Waals surface area contributed by atoms with Crippen LogP contribution in [0.1, 0.15) is 56.8 Å². The zero-order valence-electron chi connectivity index (χ0n) is 23.1. The Morgan fingerprint density at radius 3 is 2.38 bits per heavy atom. The molecule has 204 valence electrons. The molecule has 0 bridgehead atoms. The molecule has 0 saturated carbocycles. The van der Waals surface area contributed by atoms with Gasteiger partial charge in [-0.15, -0.1) is 0 Å². The molecule has 1 N–H and O–H groups in total. The van der Waals surface area contributed by atoms with Crippen molar-refractivity contribution in [2.45, 2.75) is 53.2 Å². The predicted molar refractivity (Wildman–Crippen MR) is 152 cm³/mol. The van der Waals surface area contributed by atoms with Crippen LogP contribution >= 0.6 is 0 Å². The van der Waals surface area contributed by atoms with Crippen molar-refractivity contribution in [1.82, 2.24) is 0 Å². The van der Waals surface area contributed by atoms with Gasteiger partial charge < -0.3 is 19.3 Å². The van der Waals surface area contributed by atoms with Gasteiger partial charge in [-0.1, -0.05) is 25.1 Å². The minimum atomic E-state index is -0.881. The highest BCUT2D eigenvalue weighted by molar-refractivity contribution is 6.51. The number of aliphatic hydroxyl groups is 1. The van der Waals surface area contributed by atoms with Crippen molar-refractivity contribution in [2.75, 3.05) is 18.1 Å². The molecule has 0 radical (unpaired) electrons. The highest BCUT2D eigenvalue weighted by Crippen LogP contribution is 2.43. The highest BCUT2D eigenvalue weighted by Gasteiger charge is 2.47. The lowest BCUT2D eigenvalue weighted by molar-refractivity contribution is -0.132. The van der Waals surface area contributed by atoms with Crippen molar-refractivity contribution in [3.8, 4) is 17.2 Å². The summed E-state index contributed by atoms with van der Waals surface area (Å²) in [6.45, 7) is 10.7. The van der Waals surface area contributed by atoms with E-state index in [1.54, 1.807) is 48.5 Å². The minimum absolute atomic E-state index is 0.00476. The van der Waals surface area contributed by atoms with E-state index >= 15 is 0 Å². The van der Waals surface area contributed by atoms with E-state index in [9.17, 15) is 14.7 Å². The van der Waals surface area contributed by atoms with Gasteiger partial charge in [0.2, 0.25) is 0 Å². The number of benzene rings is 3. The SMILES string of the molecule is CCCOc1ccc(/C(O)=C2\C(=O)C(=O)N(c3cccc(OCC)c3)C2c2cccc(OC(C)C)c2)cc1C. The molecule has 0 spiro atoms. The van der Waals surface area contributed by atoms with E-state index in [0.717, 1.165) is 12.0 Å². The van der Waals surface area contributed by atoms with E-state index in [2.05, 4.69) is 0 Å². The fourth-order valence-electron chi connectivity index (χ4n) is 4.66. The average molecular weight is 530 g/mol. The first-order valence-corrected chi connectivity index (χ1v) is 13.3. The van der Waals surface area contributed by atoms with Crippen LogP contribution in [-0.2, 0) is 9.59 Å². The Kier molecular flexibility index (Phi) is 8.59. The lowest BCUT2D eigenvalue weighted by Gasteiger charge is -2.26. The fraction of sp³-hybridized carbons (Fsp3) is 0.312. The lowest BCUT2D eigenvalue weighted by atomic mass is 9.94. The van der Waals surface area contributed by atoms with Crippen molar-refractivity contribution in [3.05, 3.63) is 89.0 Å². The Morgan fingerprint density at radius 2 is 1.69 bits per heavy atom. The Hall–Kier alpha value is -4.26. The second kappa shape index (κ2) is 12.1. The molecule has 1 heterocycles. The predicted octanol–water partition coefficient (Wildman–Crippen LogP) is 6.60. The summed E-state index contributed by atoms with van der Waals surface area (Å²) in [4.78, 5) is 28.5. The number of amides is 1. The second-order valence-corrected chi connectivity index (χ2v) is 9.67. The number of hydrogen-bond donors (Lipinski definition) is 1. The molecule has 1 aliphatic rings. The molecule has 39 heavy (non-hydrogen) atoms. The maximum atomic E-state index is 13.6. The molecule has 3 aromatic rings. The molecular weight excluding hydrogens is 494 g/mol. The van der Waals surface area contributed by atoms with Gasteiger partial charge in [-0.05, 0) is 87.7 Å². The first kappa shape index (κ1) is 27.8. The number of Topliss-reactive ketones (excluding diaryl/α,β-unsaturated/α-hetero) is 1. The molecule has 7 nitrogen and oxygen atoms in total. The number of anilines is 1. The number of hydrogen-bond acceptors (Lipinski definition) is 6. The van der Waals surface area contributed by atoms with E-state index in [1.807, 2.05) is 52.8 Å². The van der Waals surface area contributed by atoms with Gasteiger partial charge in [0, 0.05) is 17.3 Å². The van der Waals surface area contributed by atoms with Crippen LogP contribution in [0.2, 0.25) is 0 Å². The Morgan fingerprint density at radius 1 is 0.949 bits per heavy atom. The lowest BCUT2D eigenvalue weighted by Crippen LogP contribution is -2.29. The number of aryl methyl sites for hydroxylation is 1. The van der Waals surface area contributed by atoms with Crippen LogP contribution in [0.3, 0.4) is 0 Å². The Labute approximate surface area is 229 Å². The van der Waals surface area contributed by atoms with E-state index in [1.165, 1.54) is 4.90 Å². The minimum Gasteiger partial charge on any atom is -0.507 e. The number of rotatable bonds is 10.